The van der Waals surface area contributed by atoms with Crippen LogP contribution in [-0.4, -0.2) is 55.5 Å². The molecule has 1 aliphatic heterocycles. The number of nitrogens with one attached hydrogen (secondary N) is 1. The molecule has 3 unspecified atom stereocenters. The van der Waals surface area contributed by atoms with E-state index in [0.717, 1.165) is 27.9 Å². The van der Waals surface area contributed by atoms with Crippen molar-refractivity contribution in [3.05, 3.63) is 89.7 Å². The summed E-state index contributed by atoms with van der Waals surface area (Å²) in [5, 5.41) is 18.9. The number of aryl methyl sites for hydroxylation is 1. The van der Waals surface area contributed by atoms with E-state index in [1.54, 1.807) is 4.90 Å². The van der Waals surface area contributed by atoms with Gasteiger partial charge in [-0.05, 0) is 72.7 Å². The van der Waals surface area contributed by atoms with Gasteiger partial charge in [0, 0.05) is 11.6 Å². The molecular weight excluding hydrogens is 617 g/mol. The summed E-state index contributed by atoms with van der Waals surface area (Å²) in [5.41, 5.74) is 5.18. The van der Waals surface area contributed by atoms with Crippen LogP contribution in [0.1, 0.15) is 56.2 Å². The van der Waals surface area contributed by atoms with Crippen molar-refractivity contribution in [3.8, 4) is 22.8 Å². The maximum atomic E-state index is 12.9. The highest BCUT2D eigenvalue weighted by molar-refractivity contribution is 8.15. The molecule has 2 heterocycles. The minimum absolute atomic E-state index is 0.00914. The van der Waals surface area contributed by atoms with Crippen LogP contribution in [0.5, 0.6) is 5.75 Å². The van der Waals surface area contributed by atoms with Crippen LogP contribution in [0, 0.1) is 6.92 Å². The van der Waals surface area contributed by atoms with Crippen molar-refractivity contribution in [3.63, 3.8) is 0 Å². The molecule has 0 aliphatic carbocycles. The largest absolute Gasteiger partial charge is 0.573 e. The van der Waals surface area contributed by atoms with E-state index in [2.05, 4.69) is 39.0 Å². The molecule has 1 aliphatic rings. The molecule has 0 saturated carbocycles. The zero-order valence-corrected chi connectivity index (χ0v) is 26.8. The number of carbonyl (C=O) groups excluding carboxylic acids is 1. The minimum Gasteiger partial charge on any atom is -0.406 e. The lowest BCUT2D eigenvalue weighted by molar-refractivity contribution is -0.274. The van der Waals surface area contributed by atoms with Gasteiger partial charge in [-0.15, -0.1) is 18.3 Å². The number of anilines is 1. The van der Waals surface area contributed by atoms with Gasteiger partial charge in [0.2, 0.25) is 12.3 Å². The topological polar surface area (TPSA) is 105 Å². The first kappa shape index (κ1) is 33.2. The molecule has 1 aromatic heterocycles. The molecule has 242 valence electrons. The summed E-state index contributed by atoms with van der Waals surface area (Å²) >= 11 is 1.31. The van der Waals surface area contributed by atoms with Gasteiger partial charge in [-0.2, -0.15) is 0 Å². The average molecular weight is 653 g/mol. The van der Waals surface area contributed by atoms with Gasteiger partial charge >= 0.3 is 6.36 Å². The molecule has 3 aromatic carbocycles. The van der Waals surface area contributed by atoms with E-state index in [0.29, 0.717) is 16.7 Å². The lowest BCUT2D eigenvalue weighted by atomic mass is 9.93. The summed E-state index contributed by atoms with van der Waals surface area (Å²) < 4.78 is 42.7. The smallest absolute Gasteiger partial charge is 0.406 e. The van der Waals surface area contributed by atoms with Gasteiger partial charge in [-0.25, -0.2) is 14.7 Å². The molecule has 0 bridgehead atoms. The number of rotatable bonds is 10. The number of hydrogen-bond acceptors (Lipinski definition) is 8. The predicted molar refractivity (Wildman–Crippen MR) is 173 cm³/mol. The number of amidine groups is 1. The van der Waals surface area contributed by atoms with Crippen LogP contribution >= 0.6 is 11.8 Å². The number of nitrogens with zero attached hydrogens (tertiary/aromatic N) is 5. The van der Waals surface area contributed by atoms with Gasteiger partial charge in [0.25, 0.3) is 0 Å². The molecule has 4 aromatic rings. The van der Waals surface area contributed by atoms with Crippen LogP contribution in [0.15, 0.2) is 78.0 Å². The van der Waals surface area contributed by atoms with Crippen LogP contribution in [0.2, 0.25) is 0 Å². The third kappa shape index (κ3) is 7.77. The molecule has 5 rings (SSSR count). The van der Waals surface area contributed by atoms with Crippen molar-refractivity contribution in [2.75, 3.05) is 10.7 Å². The van der Waals surface area contributed by atoms with E-state index in [-0.39, 0.29) is 35.3 Å². The summed E-state index contributed by atoms with van der Waals surface area (Å²) in [6, 6.07) is 18.9. The molecule has 0 radical (unpaired) electrons. The van der Waals surface area contributed by atoms with Crippen molar-refractivity contribution < 1.29 is 27.8 Å². The van der Waals surface area contributed by atoms with Gasteiger partial charge in [-0.3, -0.25) is 15.0 Å². The summed E-state index contributed by atoms with van der Waals surface area (Å²) in [4.78, 5) is 23.3. The number of aliphatic hydroxyl groups excluding tert-OH is 1. The van der Waals surface area contributed by atoms with Gasteiger partial charge in [0.1, 0.15) is 12.1 Å². The number of benzene rings is 3. The SMILES string of the molecule is Cc1ccc(C(C)C)c(N2C(=O)CS/C2=N\C(O)NC(C)C(C)c2ccc(-c3ncn(-c4ccc(OC(F)(F)F)cc4)n3)cc2)c1. The highest BCUT2D eigenvalue weighted by Crippen LogP contribution is 2.34. The Bertz CT molecular complexity index is 1710. The third-order valence-electron chi connectivity index (χ3n) is 7.73. The van der Waals surface area contributed by atoms with E-state index < -0.39 is 12.7 Å². The molecule has 46 heavy (non-hydrogen) atoms. The van der Waals surface area contributed by atoms with Crippen molar-refractivity contribution in [2.24, 2.45) is 4.99 Å². The first-order valence-corrected chi connectivity index (χ1v) is 15.7. The summed E-state index contributed by atoms with van der Waals surface area (Å²) in [6.45, 7) is 10.1. The first-order valence-electron chi connectivity index (χ1n) is 14.8. The number of ether oxygens (including phenoxy) is 1. The van der Waals surface area contributed by atoms with Crippen molar-refractivity contribution in [1.29, 1.82) is 0 Å². The average Bonchev–Trinajstić information content (AvgIpc) is 3.63. The fraction of sp³-hybridized carbons (Fsp3) is 0.333. The molecular formula is C33H35F3N6O3S. The highest BCUT2D eigenvalue weighted by Gasteiger charge is 2.33. The Hall–Kier alpha value is -4.20. The van der Waals surface area contributed by atoms with E-state index in [1.165, 1.54) is 47.0 Å². The zero-order valence-electron chi connectivity index (χ0n) is 26.0. The molecule has 1 amide bonds. The minimum atomic E-state index is -4.76. The fourth-order valence-corrected chi connectivity index (χ4v) is 5.98. The van der Waals surface area contributed by atoms with E-state index in [4.69, 9.17) is 0 Å². The Morgan fingerprint density at radius 3 is 2.37 bits per heavy atom. The number of carbonyl (C=O) groups is 1. The molecule has 13 heteroatoms. The van der Waals surface area contributed by atoms with E-state index in [9.17, 15) is 23.1 Å². The standard InChI is InChI=1S/C33H35F3N6O3S/c1-19(2)27-15-6-20(3)16-28(27)42-29(43)17-46-32(42)39-31(44)38-22(5)21(4)23-7-9-24(10-8-23)30-37-18-41(40-30)25-11-13-26(14-12-25)45-33(34,35)36/h6-16,18-19,21-22,31,38,44H,17H2,1-5H3/b39-32-. The predicted octanol–water partition coefficient (Wildman–Crippen LogP) is 6.76. The van der Waals surface area contributed by atoms with Crippen LogP contribution in [-0.2, 0) is 4.79 Å². The molecule has 9 nitrogen and oxygen atoms in total. The van der Waals surface area contributed by atoms with Gasteiger partial charge < -0.3 is 9.84 Å². The number of aromatic nitrogens is 3. The van der Waals surface area contributed by atoms with Crippen LogP contribution in [0.3, 0.4) is 0 Å². The monoisotopic (exact) mass is 652 g/mol. The number of halogens is 3. The molecule has 1 fully saturated rings. The second-order valence-electron chi connectivity index (χ2n) is 11.4. The van der Waals surface area contributed by atoms with Gasteiger partial charge in [0.15, 0.2) is 11.0 Å². The Kier molecular flexibility index (Phi) is 9.85. The van der Waals surface area contributed by atoms with Gasteiger partial charge in [-0.1, -0.05) is 68.9 Å². The normalized spacial score (nSPS) is 16.7. The number of thioether (sulfide) groups is 1. The summed E-state index contributed by atoms with van der Waals surface area (Å²) in [6.07, 6.45) is -4.49. The molecule has 2 N–H and O–H groups in total. The lowest BCUT2D eigenvalue weighted by Gasteiger charge is -2.25. The summed E-state index contributed by atoms with van der Waals surface area (Å²) in [5.74, 6) is 0.519. The van der Waals surface area contributed by atoms with Gasteiger partial charge in [0.05, 0.1) is 17.1 Å². The number of alkyl halides is 3. The highest BCUT2D eigenvalue weighted by atomic mass is 32.2. The van der Waals surface area contributed by atoms with Crippen molar-refractivity contribution in [2.45, 2.75) is 65.2 Å². The lowest BCUT2D eigenvalue weighted by Crippen LogP contribution is -2.40. The van der Waals surface area contributed by atoms with Crippen LogP contribution < -0.4 is 15.0 Å². The second kappa shape index (κ2) is 13.7. The van der Waals surface area contributed by atoms with Crippen molar-refractivity contribution >= 4 is 28.5 Å². The number of hydrogen-bond donors (Lipinski definition) is 2. The quantitative estimate of drug-likeness (QED) is 0.183. The summed E-state index contributed by atoms with van der Waals surface area (Å²) in [7, 11) is 0. The Morgan fingerprint density at radius 1 is 1.02 bits per heavy atom. The van der Waals surface area contributed by atoms with Crippen LogP contribution in [0.4, 0.5) is 18.9 Å². The Labute approximate surface area is 269 Å². The fourth-order valence-electron chi connectivity index (χ4n) is 5.10. The van der Waals surface area contributed by atoms with Crippen LogP contribution in [0.25, 0.3) is 17.1 Å². The number of aliphatic hydroxyl groups is 1. The van der Waals surface area contributed by atoms with E-state index in [1.807, 2.05) is 63.2 Å². The van der Waals surface area contributed by atoms with E-state index >= 15 is 0 Å². The second-order valence-corrected chi connectivity index (χ2v) is 12.4. The molecule has 3 atom stereocenters. The number of aliphatic imine (C=N–C) groups is 1. The zero-order chi connectivity index (χ0) is 33.2. The number of amides is 1. The maximum absolute atomic E-state index is 12.9. The maximum Gasteiger partial charge on any atom is 0.573 e. The first-order chi connectivity index (χ1) is 21.8. The Balaban J connectivity index is 1.23. The van der Waals surface area contributed by atoms with Crippen molar-refractivity contribution in [1.82, 2.24) is 20.1 Å². The molecule has 1 saturated heterocycles. The molecule has 0 spiro atoms. The third-order valence-corrected chi connectivity index (χ3v) is 8.67. The Morgan fingerprint density at radius 2 is 1.72 bits per heavy atom.